The molecule has 7 heteroatoms. The first-order valence-electron chi connectivity index (χ1n) is 4.86. The van der Waals surface area contributed by atoms with Gasteiger partial charge in [-0.3, -0.25) is 4.79 Å². The van der Waals surface area contributed by atoms with Crippen LogP contribution in [-0.2, 0) is 14.4 Å². The third-order valence-electron chi connectivity index (χ3n) is 2.16. The molecule has 1 fully saturated rings. The lowest BCUT2D eigenvalue weighted by Gasteiger charge is -2.15. The Morgan fingerprint density at radius 1 is 1.44 bits per heavy atom. The van der Waals surface area contributed by atoms with Crippen LogP contribution in [0.2, 0.25) is 0 Å². The fourth-order valence-corrected chi connectivity index (χ4v) is 1.55. The number of para-hydroxylation sites is 1. The van der Waals surface area contributed by atoms with Crippen LogP contribution in [0.1, 0.15) is 0 Å². The summed E-state index contributed by atoms with van der Waals surface area (Å²) < 4.78 is 0. The molecule has 0 saturated carbocycles. The van der Waals surface area contributed by atoms with Crippen LogP contribution >= 0.6 is 12.2 Å². The predicted molar refractivity (Wildman–Crippen MR) is 62.2 cm³/mol. The van der Waals surface area contributed by atoms with Gasteiger partial charge in [-0.25, -0.2) is 4.79 Å². The second-order valence-electron chi connectivity index (χ2n) is 3.33. The molecule has 0 aliphatic carbocycles. The van der Waals surface area contributed by atoms with Crippen molar-refractivity contribution in [3.8, 4) is 5.75 Å². The Bertz CT molecular complexity index is 538. The van der Waals surface area contributed by atoms with E-state index in [0.29, 0.717) is 11.0 Å². The summed E-state index contributed by atoms with van der Waals surface area (Å²) in [5.41, 5.74) is -0.161. The van der Waals surface area contributed by atoms with Crippen molar-refractivity contribution < 1.29 is 24.4 Å². The van der Waals surface area contributed by atoms with E-state index in [1.54, 1.807) is 30.3 Å². The summed E-state index contributed by atoms with van der Waals surface area (Å²) in [6, 6.07) is 8.43. The van der Waals surface area contributed by atoms with E-state index in [4.69, 9.17) is 9.94 Å². The molecule has 18 heavy (non-hydrogen) atoms. The van der Waals surface area contributed by atoms with Gasteiger partial charge in [-0.05, 0) is 34.6 Å². The zero-order chi connectivity index (χ0) is 13.1. The standard InChI is InChI=1S/C11H7NO5S/c13-10(14)9-8(6-18)12(17-11(9)15)16-7-4-2-1-3-5-7/h1-5,9H,(H,13,14). The molecule has 1 saturated heterocycles. The number of carbonyl (C=O) groups excluding carboxylic acids is 1. The highest BCUT2D eigenvalue weighted by Crippen LogP contribution is 2.26. The van der Waals surface area contributed by atoms with E-state index < -0.39 is 17.9 Å². The lowest BCUT2D eigenvalue weighted by atomic mass is 10.1. The molecule has 1 aliphatic heterocycles. The number of aliphatic carboxylic acids is 1. The lowest BCUT2D eigenvalue weighted by Crippen LogP contribution is -2.24. The molecule has 6 nitrogen and oxygen atoms in total. The van der Waals surface area contributed by atoms with Crippen LogP contribution in [0.15, 0.2) is 36.0 Å². The van der Waals surface area contributed by atoms with E-state index in [2.05, 4.69) is 22.1 Å². The van der Waals surface area contributed by atoms with Crippen LogP contribution in [0.5, 0.6) is 5.75 Å². The SMILES string of the molecule is O=C(O)C1C(=O)ON(Oc2ccccc2)C1=C=S. The molecule has 0 aromatic heterocycles. The van der Waals surface area contributed by atoms with Crippen LogP contribution < -0.4 is 4.84 Å². The average molecular weight is 265 g/mol. The smallest absolute Gasteiger partial charge is 0.357 e. The van der Waals surface area contributed by atoms with E-state index in [9.17, 15) is 9.59 Å². The number of thiocarbonyl (C=S) groups is 1. The highest BCUT2D eigenvalue weighted by atomic mass is 32.1. The maximum Gasteiger partial charge on any atom is 0.357 e. The number of benzene rings is 1. The largest absolute Gasteiger partial charge is 0.480 e. The summed E-state index contributed by atoms with van der Waals surface area (Å²) in [6.45, 7) is 0. The fraction of sp³-hybridized carbons (Fsp3) is 0.0909. The van der Waals surface area contributed by atoms with Gasteiger partial charge in [0.1, 0.15) is 0 Å². The third kappa shape index (κ3) is 2.17. The van der Waals surface area contributed by atoms with Crippen molar-refractivity contribution >= 4 is 29.2 Å². The number of carbonyl (C=O) groups is 2. The molecule has 0 amide bonds. The first-order valence-corrected chi connectivity index (χ1v) is 5.27. The molecule has 1 N–H and O–H groups in total. The normalized spacial score (nSPS) is 18.2. The van der Waals surface area contributed by atoms with E-state index in [1.807, 2.05) is 0 Å². The molecule has 1 atom stereocenters. The first-order chi connectivity index (χ1) is 8.63. The number of hydrogen-bond acceptors (Lipinski definition) is 6. The van der Waals surface area contributed by atoms with Gasteiger partial charge in [0.2, 0.25) is 5.92 Å². The van der Waals surface area contributed by atoms with Crippen LogP contribution in [-0.4, -0.2) is 27.3 Å². The molecule has 0 spiro atoms. The molecule has 2 rings (SSSR count). The fourth-order valence-electron chi connectivity index (χ4n) is 1.36. The van der Waals surface area contributed by atoms with E-state index in [1.165, 1.54) is 0 Å². The Morgan fingerprint density at radius 3 is 2.67 bits per heavy atom. The van der Waals surface area contributed by atoms with Gasteiger partial charge >= 0.3 is 11.9 Å². The van der Waals surface area contributed by atoms with Crippen LogP contribution in [0, 0.1) is 5.92 Å². The molecule has 1 aromatic carbocycles. The van der Waals surface area contributed by atoms with Gasteiger partial charge in [0.15, 0.2) is 11.4 Å². The van der Waals surface area contributed by atoms with Crippen molar-refractivity contribution in [3.63, 3.8) is 0 Å². The highest BCUT2D eigenvalue weighted by Gasteiger charge is 2.46. The molecular formula is C11H7NO5S. The van der Waals surface area contributed by atoms with Crippen LogP contribution in [0.3, 0.4) is 0 Å². The predicted octanol–water partition coefficient (Wildman–Crippen LogP) is 0.937. The van der Waals surface area contributed by atoms with Crippen molar-refractivity contribution in [2.45, 2.75) is 0 Å². The summed E-state index contributed by atoms with van der Waals surface area (Å²) in [6.07, 6.45) is 0. The van der Waals surface area contributed by atoms with Crippen molar-refractivity contribution in [1.29, 1.82) is 0 Å². The molecule has 1 aromatic rings. The number of carboxylic acids is 1. The maximum absolute atomic E-state index is 11.4. The minimum atomic E-state index is -1.51. The third-order valence-corrected chi connectivity index (χ3v) is 2.37. The Hall–Kier alpha value is -2.37. The highest BCUT2D eigenvalue weighted by molar-refractivity contribution is 7.78. The number of hydroxylamine groups is 2. The van der Waals surface area contributed by atoms with Crippen molar-refractivity contribution in [2.24, 2.45) is 5.92 Å². The summed E-state index contributed by atoms with van der Waals surface area (Å²) in [4.78, 5) is 32.1. The van der Waals surface area contributed by atoms with Gasteiger partial charge in [-0.2, -0.15) is 0 Å². The van der Waals surface area contributed by atoms with E-state index in [-0.39, 0.29) is 5.70 Å². The molecule has 92 valence electrons. The van der Waals surface area contributed by atoms with Gasteiger partial charge in [0.05, 0.1) is 0 Å². The molecule has 1 heterocycles. The monoisotopic (exact) mass is 265 g/mol. The number of carboxylic acid groups (broad SMARTS) is 1. The van der Waals surface area contributed by atoms with E-state index >= 15 is 0 Å². The summed E-state index contributed by atoms with van der Waals surface area (Å²) in [7, 11) is 0. The Morgan fingerprint density at radius 2 is 2.11 bits per heavy atom. The van der Waals surface area contributed by atoms with Gasteiger partial charge in [-0.15, -0.1) is 0 Å². The Kier molecular flexibility index (Phi) is 3.27. The molecule has 1 aliphatic rings. The average Bonchev–Trinajstić information content (AvgIpc) is 2.66. The van der Waals surface area contributed by atoms with Crippen molar-refractivity contribution in [2.75, 3.05) is 0 Å². The topological polar surface area (TPSA) is 76.1 Å². The molecule has 1 unspecified atom stereocenters. The minimum absolute atomic E-state index is 0.161. The maximum atomic E-state index is 11.4. The Balaban J connectivity index is 2.23. The Labute approximate surface area is 107 Å². The van der Waals surface area contributed by atoms with E-state index in [0.717, 1.165) is 0 Å². The second kappa shape index (κ2) is 4.87. The molecule has 0 radical (unpaired) electrons. The summed E-state index contributed by atoms with van der Waals surface area (Å²) in [5, 5.41) is 11.7. The summed E-state index contributed by atoms with van der Waals surface area (Å²) in [5.74, 6) is -3.47. The van der Waals surface area contributed by atoms with Gasteiger partial charge < -0.3 is 14.8 Å². The van der Waals surface area contributed by atoms with Crippen LogP contribution in [0.25, 0.3) is 0 Å². The lowest BCUT2D eigenvalue weighted by molar-refractivity contribution is -0.254. The van der Waals surface area contributed by atoms with Gasteiger partial charge in [-0.1, -0.05) is 18.2 Å². The number of hydrogen-bond donors (Lipinski definition) is 1. The van der Waals surface area contributed by atoms with Crippen LogP contribution in [0.4, 0.5) is 0 Å². The summed E-state index contributed by atoms with van der Waals surface area (Å²) >= 11 is 4.55. The zero-order valence-electron chi connectivity index (χ0n) is 8.90. The van der Waals surface area contributed by atoms with Gasteiger partial charge in [0, 0.05) is 0 Å². The second-order valence-corrected chi connectivity index (χ2v) is 3.53. The molecular weight excluding hydrogens is 258 g/mol. The zero-order valence-corrected chi connectivity index (χ0v) is 9.72. The van der Waals surface area contributed by atoms with Crippen molar-refractivity contribution in [3.05, 3.63) is 36.0 Å². The molecule has 0 bridgehead atoms. The van der Waals surface area contributed by atoms with Crippen molar-refractivity contribution in [1.82, 2.24) is 5.23 Å². The number of nitrogens with zero attached hydrogens (tertiary/aromatic N) is 1. The number of rotatable bonds is 3. The minimum Gasteiger partial charge on any atom is -0.480 e. The quantitative estimate of drug-likeness (QED) is 0.643. The van der Waals surface area contributed by atoms with Gasteiger partial charge in [0.25, 0.3) is 0 Å². The first kappa shape index (κ1) is 12.1.